The van der Waals surface area contributed by atoms with Crippen LogP contribution in [0.4, 0.5) is 0 Å². The standard InChI is InChI=1S/C10H9ClO3/c11-8(10(13)14)6-9(12)7-4-2-1-3-5-7/h1-5,8H,6H2,(H,13,14). The van der Waals surface area contributed by atoms with E-state index in [4.69, 9.17) is 16.7 Å². The Bertz CT molecular complexity index is 334. The maximum absolute atomic E-state index is 11.4. The van der Waals surface area contributed by atoms with Crippen LogP contribution in [-0.4, -0.2) is 22.2 Å². The summed E-state index contributed by atoms with van der Waals surface area (Å²) in [6, 6.07) is 8.49. The molecule has 0 amide bonds. The molecule has 3 nitrogen and oxygen atoms in total. The van der Waals surface area contributed by atoms with Crippen molar-refractivity contribution >= 4 is 23.4 Å². The van der Waals surface area contributed by atoms with Gasteiger partial charge >= 0.3 is 5.97 Å². The summed E-state index contributed by atoms with van der Waals surface area (Å²) in [5, 5.41) is 7.34. The van der Waals surface area contributed by atoms with Crippen molar-refractivity contribution in [3.63, 3.8) is 0 Å². The largest absolute Gasteiger partial charge is 0.480 e. The van der Waals surface area contributed by atoms with Gasteiger partial charge in [0.2, 0.25) is 0 Å². The summed E-state index contributed by atoms with van der Waals surface area (Å²) in [4.78, 5) is 21.8. The number of carboxylic acid groups (broad SMARTS) is 1. The van der Waals surface area contributed by atoms with Gasteiger partial charge in [0.05, 0.1) is 0 Å². The van der Waals surface area contributed by atoms with Crippen molar-refractivity contribution in [3.05, 3.63) is 35.9 Å². The van der Waals surface area contributed by atoms with Gasteiger partial charge in [-0.15, -0.1) is 11.6 Å². The summed E-state index contributed by atoms with van der Waals surface area (Å²) in [5.41, 5.74) is 0.486. The third-order valence-corrected chi connectivity index (χ3v) is 2.07. The van der Waals surface area contributed by atoms with Crippen molar-refractivity contribution in [2.24, 2.45) is 0 Å². The Morgan fingerprint density at radius 2 is 1.86 bits per heavy atom. The summed E-state index contributed by atoms with van der Waals surface area (Å²) < 4.78 is 0. The molecule has 1 aromatic carbocycles. The number of aliphatic carboxylic acids is 1. The fourth-order valence-corrected chi connectivity index (χ4v) is 1.13. The fourth-order valence-electron chi connectivity index (χ4n) is 0.992. The van der Waals surface area contributed by atoms with Crippen LogP contribution < -0.4 is 0 Å². The van der Waals surface area contributed by atoms with E-state index in [1.165, 1.54) is 0 Å². The Morgan fingerprint density at radius 3 is 2.36 bits per heavy atom. The molecule has 0 fully saturated rings. The molecule has 1 unspecified atom stereocenters. The van der Waals surface area contributed by atoms with Crippen molar-refractivity contribution < 1.29 is 14.7 Å². The molecule has 4 heteroatoms. The summed E-state index contributed by atoms with van der Waals surface area (Å²) in [6.07, 6.45) is -0.180. The maximum Gasteiger partial charge on any atom is 0.322 e. The average molecular weight is 213 g/mol. The Morgan fingerprint density at radius 1 is 1.29 bits per heavy atom. The molecule has 0 aliphatic carbocycles. The minimum absolute atomic E-state index is 0.180. The molecule has 1 aromatic rings. The number of halogens is 1. The molecule has 0 spiro atoms. The van der Waals surface area contributed by atoms with E-state index in [1.54, 1.807) is 30.3 Å². The van der Waals surface area contributed by atoms with Crippen LogP contribution >= 0.6 is 11.6 Å². The molecule has 1 atom stereocenters. The second-order valence-electron chi connectivity index (χ2n) is 2.80. The van der Waals surface area contributed by atoms with E-state index in [9.17, 15) is 9.59 Å². The molecule has 1 N–H and O–H groups in total. The molecular weight excluding hydrogens is 204 g/mol. The van der Waals surface area contributed by atoms with Crippen LogP contribution in [0.1, 0.15) is 16.8 Å². The van der Waals surface area contributed by atoms with E-state index in [-0.39, 0.29) is 12.2 Å². The second kappa shape index (κ2) is 4.77. The summed E-state index contributed by atoms with van der Waals surface area (Å²) in [7, 11) is 0. The predicted molar refractivity (Wildman–Crippen MR) is 52.7 cm³/mol. The van der Waals surface area contributed by atoms with Crippen LogP contribution in [0.2, 0.25) is 0 Å². The van der Waals surface area contributed by atoms with Crippen molar-refractivity contribution in [3.8, 4) is 0 Å². The zero-order valence-corrected chi connectivity index (χ0v) is 8.07. The molecule has 0 aliphatic rings. The van der Waals surface area contributed by atoms with Crippen molar-refractivity contribution in [2.75, 3.05) is 0 Å². The number of alkyl halides is 1. The quantitative estimate of drug-likeness (QED) is 0.613. The Labute approximate surface area is 86.3 Å². The number of carbonyl (C=O) groups is 2. The molecule has 0 aliphatic heterocycles. The lowest BCUT2D eigenvalue weighted by molar-refractivity contribution is -0.136. The maximum atomic E-state index is 11.4. The van der Waals surface area contributed by atoms with Crippen molar-refractivity contribution in [1.82, 2.24) is 0 Å². The number of carbonyl (C=O) groups excluding carboxylic acids is 1. The van der Waals surface area contributed by atoms with Gasteiger partial charge in [-0.3, -0.25) is 9.59 Å². The van der Waals surface area contributed by atoms with E-state index >= 15 is 0 Å². The number of benzene rings is 1. The Kier molecular flexibility index (Phi) is 3.65. The molecular formula is C10H9ClO3. The summed E-state index contributed by atoms with van der Waals surface area (Å²) >= 11 is 5.44. The lowest BCUT2D eigenvalue weighted by Gasteiger charge is -2.02. The highest BCUT2D eigenvalue weighted by Crippen LogP contribution is 2.09. The number of rotatable bonds is 4. The van der Waals surface area contributed by atoms with Crippen LogP contribution in [0.5, 0.6) is 0 Å². The van der Waals surface area contributed by atoms with Gasteiger partial charge in [-0.25, -0.2) is 0 Å². The zero-order chi connectivity index (χ0) is 10.6. The van der Waals surface area contributed by atoms with Gasteiger partial charge in [0.15, 0.2) is 5.78 Å². The van der Waals surface area contributed by atoms with Gasteiger partial charge in [-0.05, 0) is 0 Å². The van der Waals surface area contributed by atoms with E-state index < -0.39 is 11.3 Å². The van der Waals surface area contributed by atoms with Crippen LogP contribution in [0.15, 0.2) is 30.3 Å². The third-order valence-electron chi connectivity index (χ3n) is 1.73. The van der Waals surface area contributed by atoms with Gasteiger partial charge in [0, 0.05) is 12.0 Å². The molecule has 14 heavy (non-hydrogen) atoms. The minimum atomic E-state index is -1.17. The van der Waals surface area contributed by atoms with Gasteiger partial charge in [0.1, 0.15) is 5.38 Å². The first-order valence-corrected chi connectivity index (χ1v) is 4.50. The number of ketones is 1. The highest BCUT2D eigenvalue weighted by molar-refractivity contribution is 6.31. The molecule has 0 radical (unpaired) electrons. The molecule has 0 saturated heterocycles. The highest BCUT2D eigenvalue weighted by Gasteiger charge is 2.18. The molecule has 0 aromatic heterocycles. The molecule has 0 bridgehead atoms. The number of carboxylic acids is 1. The summed E-state index contributed by atoms with van der Waals surface area (Å²) in [6.45, 7) is 0. The molecule has 0 saturated carbocycles. The lowest BCUT2D eigenvalue weighted by atomic mass is 10.1. The van der Waals surface area contributed by atoms with Crippen molar-refractivity contribution in [1.29, 1.82) is 0 Å². The van der Waals surface area contributed by atoms with E-state index in [2.05, 4.69) is 0 Å². The summed E-state index contributed by atoms with van der Waals surface area (Å²) in [5.74, 6) is -1.43. The SMILES string of the molecule is O=C(CC(Cl)C(=O)O)c1ccccc1. The minimum Gasteiger partial charge on any atom is -0.480 e. The predicted octanol–water partition coefficient (Wildman–Crippen LogP) is 1.95. The second-order valence-corrected chi connectivity index (χ2v) is 3.33. The Balaban J connectivity index is 2.64. The first kappa shape index (κ1) is 10.7. The van der Waals surface area contributed by atoms with E-state index in [1.807, 2.05) is 0 Å². The van der Waals surface area contributed by atoms with Crippen molar-refractivity contribution in [2.45, 2.75) is 11.8 Å². The normalized spacial score (nSPS) is 12.1. The topological polar surface area (TPSA) is 54.4 Å². The lowest BCUT2D eigenvalue weighted by Crippen LogP contribution is -2.17. The average Bonchev–Trinajstić information content (AvgIpc) is 2.19. The van der Waals surface area contributed by atoms with Gasteiger partial charge in [0.25, 0.3) is 0 Å². The smallest absolute Gasteiger partial charge is 0.322 e. The number of hydrogen-bond acceptors (Lipinski definition) is 2. The first-order chi connectivity index (χ1) is 6.61. The molecule has 0 heterocycles. The number of Topliss-reactive ketones (excluding diaryl/α,β-unsaturated/α-hetero) is 1. The third kappa shape index (κ3) is 2.85. The monoisotopic (exact) mass is 212 g/mol. The molecule has 74 valence electrons. The van der Waals surface area contributed by atoms with Crippen LogP contribution in [0.3, 0.4) is 0 Å². The van der Waals surface area contributed by atoms with Gasteiger partial charge < -0.3 is 5.11 Å². The Hall–Kier alpha value is -1.35. The van der Waals surface area contributed by atoms with Crippen LogP contribution in [0.25, 0.3) is 0 Å². The van der Waals surface area contributed by atoms with E-state index in [0.717, 1.165) is 0 Å². The zero-order valence-electron chi connectivity index (χ0n) is 7.31. The first-order valence-electron chi connectivity index (χ1n) is 4.06. The molecule has 1 rings (SSSR count). The van der Waals surface area contributed by atoms with Crippen LogP contribution in [-0.2, 0) is 4.79 Å². The van der Waals surface area contributed by atoms with E-state index in [0.29, 0.717) is 5.56 Å². The fraction of sp³-hybridized carbons (Fsp3) is 0.200. The highest BCUT2D eigenvalue weighted by atomic mass is 35.5. The number of hydrogen-bond donors (Lipinski definition) is 1. The van der Waals surface area contributed by atoms with Gasteiger partial charge in [-0.1, -0.05) is 30.3 Å². The van der Waals surface area contributed by atoms with Gasteiger partial charge in [-0.2, -0.15) is 0 Å². The van der Waals surface area contributed by atoms with Crippen LogP contribution in [0, 0.1) is 0 Å².